The molecule has 0 radical (unpaired) electrons. The summed E-state index contributed by atoms with van der Waals surface area (Å²) in [6.45, 7) is 0. The van der Waals surface area contributed by atoms with Crippen LogP contribution in [0.4, 0.5) is 34.1 Å². The quantitative estimate of drug-likeness (QED) is 0.122. The highest BCUT2D eigenvalue weighted by molar-refractivity contribution is 7.27. The number of hydrogen-bond donors (Lipinski definition) is 0. The van der Waals surface area contributed by atoms with Gasteiger partial charge in [0.25, 0.3) is 0 Å². The second-order valence-corrected chi connectivity index (χ2v) is 30.6. The van der Waals surface area contributed by atoms with E-state index in [9.17, 15) is 0 Å². The van der Waals surface area contributed by atoms with Gasteiger partial charge < -0.3 is 27.8 Å². The SMILES string of the molecule is c1ccc(-c2ccc(N(c3ccc(-c4cccc5c4sc4c6ccccc6n(-c6ccccc6)c54)cc3)c3cccc4oc5ccccc5c34)cc2)cc1.c1ccc(-n2c3ccccc3c3sc4c(-c5ccc(N(c6ccc(-c7cccc8ccccc78)cc6)c6ccc7oc8ccccc8c7c6)cc5)cccc4c32)cc1. The molecule has 112 heavy (non-hydrogen) atoms. The van der Waals surface area contributed by atoms with Gasteiger partial charge in [0.2, 0.25) is 0 Å². The van der Waals surface area contributed by atoms with Gasteiger partial charge in [-0.25, -0.2) is 0 Å². The highest BCUT2D eigenvalue weighted by Gasteiger charge is 2.25. The molecule has 6 nitrogen and oxygen atoms in total. The second-order valence-electron chi connectivity index (χ2n) is 28.6. The van der Waals surface area contributed by atoms with Crippen LogP contribution in [-0.2, 0) is 0 Å². The van der Waals surface area contributed by atoms with E-state index in [0.717, 1.165) is 78.0 Å². The fourth-order valence-corrected chi connectivity index (χ4v) is 19.8. The Bertz CT molecular complexity index is 7530. The molecule has 8 heteroatoms. The Morgan fingerprint density at radius 1 is 0.223 bits per heavy atom. The summed E-state index contributed by atoms with van der Waals surface area (Å²) in [6, 6.07) is 144. The zero-order valence-electron chi connectivity index (χ0n) is 60.5. The molecule has 0 aliphatic heterocycles. The van der Waals surface area contributed by atoms with Gasteiger partial charge in [-0.3, -0.25) is 0 Å². The van der Waals surface area contributed by atoms with Gasteiger partial charge in [0.15, 0.2) is 0 Å². The number of hydrogen-bond acceptors (Lipinski definition) is 6. The molecule has 526 valence electrons. The van der Waals surface area contributed by atoms with Crippen molar-refractivity contribution in [3.8, 4) is 55.9 Å². The summed E-state index contributed by atoms with van der Waals surface area (Å²) in [4.78, 5) is 4.71. The fourth-order valence-electron chi connectivity index (χ4n) is 17.1. The van der Waals surface area contributed by atoms with Crippen LogP contribution < -0.4 is 9.80 Å². The number of nitrogens with zero attached hydrogens (tertiary/aromatic N) is 4. The highest BCUT2D eigenvalue weighted by atomic mass is 32.1. The van der Waals surface area contributed by atoms with E-state index in [-0.39, 0.29) is 0 Å². The Balaban J connectivity index is 0.000000138. The average Bonchev–Trinajstić information content (AvgIpc) is 1.56. The standard InChI is InChI=1S/C54H34N2OS.C50H32N2OS/c1-2-14-38(15-3-1)56-49-22-8-6-18-46(49)54-52(56)47-21-11-20-44(53(47)58-54)37-26-30-40(31-27-37)55(41-32-33-51-48(34-41)45-17-7-9-23-50(45)57-51)39-28-24-36(25-29-39)43-19-10-13-35-12-4-5-16-42(35)43;1-3-13-33(14-4-1)34-25-29-37(30-26-34)51(44-22-12-24-46-47(44)41-18-8-10-23-45(41)53-46)38-31-27-35(28-32-38)39-19-11-20-42-48-50(54-49(39)42)40-17-7-9-21-43(40)52(48)36-15-5-2-6-16-36/h1-34H;1-32H. The molecular weight excluding hydrogens is 1400 g/mol. The molecule has 0 spiro atoms. The van der Waals surface area contributed by atoms with Crippen LogP contribution in [0.15, 0.2) is 409 Å². The molecule has 0 fully saturated rings. The molecule has 0 aliphatic carbocycles. The third-order valence-electron chi connectivity index (χ3n) is 22.2. The summed E-state index contributed by atoms with van der Waals surface area (Å²) in [6.07, 6.45) is 0. The molecule has 0 amide bonds. The van der Waals surface area contributed by atoms with E-state index in [1.807, 2.05) is 46.9 Å². The van der Waals surface area contributed by atoms with Gasteiger partial charge in [0.1, 0.15) is 22.3 Å². The van der Waals surface area contributed by atoms with Crippen molar-refractivity contribution in [1.82, 2.24) is 9.13 Å². The normalized spacial score (nSPS) is 11.8. The number of furan rings is 2. The van der Waals surface area contributed by atoms with Crippen LogP contribution in [-0.4, -0.2) is 9.13 Å². The van der Waals surface area contributed by atoms with E-state index in [1.54, 1.807) is 0 Å². The predicted octanol–water partition coefficient (Wildman–Crippen LogP) is 30.6. The van der Waals surface area contributed by atoms with E-state index < -0.39 is 0 Å². The van der Waals surface area contributed by atoms with E-state index in [2.05, 4.69) is 395 Å². The zero-order valence-corrected chi connectivity index (χ0v) is 62.2. The summed E-state index contributed by atoms with van der Waals surface area (Å²) >= 11 is 3.79. The lowest BCUT2D eigenvalue weighted by atomic mass is 9.98. The average molecular weight is 1470 g/mol. The van der Waals surface area contributed by atoms with Crippen LogP contribution in [0.5, 0.6) is 0 Å². The molecule has 23 rings (SSSR count). The smallest absolute Gasteiger partial charge is 0.137 e. The Morgan fingerprint density at radius 3 is 1.17 bits per heavy atom. The van der Waals surface area contributed by atoms with Crippen LogP contribution in [0.2, 0.25) is 0 Å². The maximum absolute atomic E-state index is 6.36. The number of fused-ring (bicyclic) bond motifs is 17. The van der Waals surface area contributed by atoms with Gasteiger partial charge in [-0.05, 0) is 183 Å². The second kappa shape index (κ2) is 26.8. The summed E-state index contributed by atoms with van der Waals surface area (Å²) < 4.78 is 22.7. The minimum absolute atomic E-state index is 0.875. The van der Waals surface area contributed by atoms with Gasteiger partial charge >= 0.3 is 0 Å². The van der Waals surface area contributed by atoms with Gasteiger partial charge in [-0.1, -0.05) is 273 Å². The largest absolute Gasteiger partial charge is 0.456 e. The van der Waals surface area contributed by atoms with Crippen molar-refractivity contribution in [2.45, 2.75) is 0 Å². The lowest BCUT2D eigenvalue weighted by Crippen LogP contribution is -2.10. The van der Waals surface area contributed by atoms with Crippen molar-refractivity contribution in [3.63, 3.8) is 0 Å². The monoisotopic (exact) mass is 1470 g/mol. The van der Waals surface area contributed by atoms with E-state index in [1.165, 1.54) is 129 Å². The minimum Gasteiger partial charge on any atom is -0.456 e. The fraction of sp³-hybridized carbons (Fsp3) is 0. The van der Waals surface area contributed by atoms with Crippen molar-refractivity contribution < 1.29 is 8.83 Å². The Morgan fingerprint density at radius 2 is 0.598 bits per heavy atom. The first kappa shape index (κ1) is 64.9. The molecule has 23 aromatic rings. The summed E-state index contributed by atoms with van der Waals surface area (Å²) in [5, 5.41) is 12.0. The Labute approximate surface area is 653 Å². The maximum Gasteiger partial charge on any atom is 0.137 e. The van der Waals surface area contributed by atoms with Crippen molar-refractivity contribution in [1.29, 1.82) is 0 Å². The van der Waals surface area contributed by atoms with E-state index >= 15 is 0 Å². The van der Waals surface area contributed by atoms with Crippen LogP contribution in [0.25, 0.3) is 173 Å². The highest BCUT2D eigenvalue weighted by Crippen LogP contribution is 2.51. The number of benzene rings is 17. The van der Waals surface area contributed by atoms with E-state index in [4.69, 9.17) is 8.83 Å². The first-order valence-corrected chi connectivity index (χ1v) is 39.6. The first-order chi connectivity index (χ1) is 55.6. The van der Waals surface area contributed by atoms with Crippen LogP contribution >= 0.6 is 22.7 Å². The first-order valence-electron chi connectivity index (χ1n) is 37.9. The topological polar surface area (TPSA) is 42.6 Å². The molecule has 0 bridgehead atoms. The third kappa shape index (κ3) is 10.8. The minimum atomic E-state index is 0.875. The van der Waals surface area contributed by atoms with Crippen LogP contribution in [0, 0.1) is 0 Å². The summed E-state index contributed by atoms with van der Waals surface area (Å²) in [5.74, 6) is 0. The molecule has 0 aliphatic rings. The third-order valence-corrected chi connectivity index (χ3v) is 24.7. The van der Waals surface area contributed by atoms with Gasteiger partial charge in [0.05, 0.1) is 42.5 Å². The Hall–Kier alpha value is -14.3. The zero-order chi connectivity index (χ0) is 73.7. The molecule has 0 saturated heterocycles. The van der Waals surface area contributed by atoms with Crippen LogP contribution in [0.1, 0.15) is 0 Å². The maximum atomic E-state index is 6.36. The molecule has 0 N–H and O–H groups in total. The van der Waals surface area contributed by atoms with Crippen molar-refractivity contribution in [2.75, 3.05) is 9.80 Å². The predicted molar refractivity (Wildman–Crippen MR) is 476 cm³/mol. The molecule has 6 heterocycles. The number of anilines is 6. The Kier molecular flexibility index (Phi) is 15.5. The van der Waals surface area contributed by atoms with Crippen molar-refractivity contribution in [3.05, 3.63) is 400 Å². The molecule has 0 saturated carbocycles. The number of para-hydroxylation sites is 6. The van der Waals surface area contributed by atoms with Gasteiger partial charge in [-0.2, -0.15) is 0 Å². The molecular formula is C104H66N4O2S2. The summed E-state index contributed by atoms with van der Waals surface area (Å²) in [5.41, 5.74) is 27.1. The molecule has 6 aromatic heterocycles. The van der Waals surface area contributed by atoms with E-state index in [0.29, 0.717) is 0 Å². The molecule has 0 atom stereocenters. The number of rotatable bonds is 12. The van der Waals surface area contributed by atoms with Crippen LogP contribution in [0.3, 0.4) is 0 Å². The van der Waals surface area contributed by atoms with Crippen molar-refractivity contribution in [2.24, 2.45) is 0 Å². The molecule has 0 unspecified atom stereocenters. The summed E-state index contributed by atoms with van der Waals surface area (Å²) in [7, 11) is 0. The number of aromatic nitrogens is 2. The lowest BCUT2D eigenvalue weighted by Gasteiger charge is -2.26. The number of thiophene rings is 2. The van der Waals surface area contributed by atoms with Gasteiger partial charge in [-0.15, -0.1) is 22.7 Å². The van der Waals surface area contributed by atoms with Gasteiger partial charge in [0, 0.05) is 86.9 Å². The van der Waals surface area contributed by atoms with Crippen molar-refractivity contribution >= 4 is 174 Å². The molecule has 17 aromatic carbocycles. The lowest BCUT2D eigenvalue weighted by molar-refractivity contribution is 0.668.